The first kappa shape index (κ1) is 12.2. The van der Waals surface area contributed by atoms with Gasteiger partial charge in [-0.05, 0) is 30.9 Å². The van der Waals surface area contributed by atoms with Gasteiger partial charge in [0, 0.05) is 12.7 Å². The molecule has 0 unspecified atom stereocenters. The van der Waals surface area contributed by atoms with Crippen molar-refractivity contribution in [2.75, 3.05) is 6.54 Å². The molecule has 2 heterocycles. The highest BCUT2D eigenvalue weighted by Crippen LogP contribution is 2.22. The van der Waals surface area contributed by atoms with Crippen molar-refractivity contribution in [2.45, 2.75) is 32.1 Å². The summed E-state index contributed by atoms with van der Waals surface area (Å²) in [5.74, 6) is 0.645. The second-order valence-corrected chi connectivity index (χ2v) is 5.30. The van der Waals surface area contributed by atoms with Gasteiger partial charge in [-0.25, -0.2) is 4.52 Å². The molecule has 0 atom stereocenters. The molecule has 0 radical (unpaired) electrons. The lowest BCUT2D eigenvalue weighted by Gasteiger charge is -2.21. The van der Waals surface area contributed by atoms with Crippen LogP contribution in [0.25, 0.3) is 5.52 Å². The third kappa shape index (κ3) is 2.62. The van der Waals surface area contributed by atoms with Gasteiger partial charge in [0.2, 0.25) is 0 Å². The molecule has 1 aliphatic rings. The first-order valence-electron chi connectivity index (χ1n) is 7.05. The summed E-state index contributed by atoms with van der Waals surface area (Å²) >= 11 is 0. The highest BCUT2D eigenvalue weighted by atomic mass is 16.1. The molecule has 1 aliphatic carbocycles. The maximum atomic E-state index is 12.2. The summed E-state index contributed by atoms with van der Waals surface area (Å²) in [6.45, 7) is 0.795. The van der Waals surface area contributed by atoms with Crippen molar-refractivity contribution >= 4 is 11.4 Å². The zero-order chi connectivity index (χ0) is 13.1. The van der Waals surface area contributed by atoms with Crippen LogP contribution in [0.15, 0.2) is 30.6 Å². The predicted octanol–water partition coefficient (Wildman–Crippen LogP) is 2.64. The highest BCUT2D eigenvalue weighted by Gasteiger charge is 2.16. The lowest BCUT2D eigenvalue weighted by atomic mass is 9.89. The van der Waals surface area contributed by atoms with Crippen molar-refractivity contribution in [3.05, 3.63) is 36.2 Å². The number of hydrogen-bond donors (Lipinski definition) is 1. The van der Waals surface area contributed by atoms with Crippen LogP contribution in [0.2, 0.25) is 0 Å². The molecule has 4 heteroatoms. The number of rotatable bonds is 3. The number of carbonyl (C=O) groups excluding carboxylic acids is 1. The molecule has 2 aromatic rings. The topological polar surface area (TPSA) is 46.4 Å². The second-order valence-electron chi connectivity index (χ2n) is 5.30. The van der Waals surface area contributed by atoms with Crippen LogP contribution in [0.1, 0.15) is 42.5 Å². The first-order chi connectivity index (χ1) is 9.34. The molecular formula is C15H19N3O. The van der Waals surface area contributed by atoms with Gasteiger partial charge in [0.1, 0.15) is 0 Å². The summed E-state index contributed by atoms with van der Waals surface area (Å²) in [6.07, 6.45) is 9.94. The molecule has 0 spiro atoms. The minimum Gasteiger partial charge on any atom is -0.352 e. The van der Waals surface area contributed by atoms with E-state index in [1.165, 1.54) is 32.1 Å². The van der Waals surface area contributed by atoms with Gasteiger partial charge < -0.3 is 5.32 Å². The van der Waals surface area contributed by atoms with Gasteiger partial charge in [0.25, 0.3) is 5.91 Å². The third-order valence-corrected chi connectivity index (χ3v) is 3.95. The summed E-state index contributed by atoms with van der Waals surface area (Å²) in [5, 5.41) is 7.24. The van der Waals surface area contributed by atoms with Crippen LogP contribution in [0.3, 0.4) is 0 Å². The average Bonchev–Trinajstić information content (AvgIpc) is 2.90. The number of nitrogens with zero attached hydrogens (tertiary/aromatic N) is 2. The van der Waals surface area contributed by atoms with E-state index in [2.05, 4.69) is 10.4 Å². The van der Waals surface area contributed by atoms with Crippen LogP contribution in [-0.2, 0) is 0 Å². The summed E-state index contributed by atoms with van der Waals surface area (Å²) in [7, 11) is 0. The molecule has 1 N–H and O–H groups in total. The Morgan fingerprint density at radius 2 is 2.16 bits per heavy atom. The Hall–Kier alpha value is -1.84. The quantitative estimate of drug-likeness (QED) is 0.918. The molecule has 2 aromatic heterocycles. The molecule has 1 saturated carbocycles. The van der Waals surface area contributed by atoms with E-state index < -0.39 is 0 Å². The van der Waals surface area contributed by atoms with Crippen LogP contribution < -0.4 is 5.32 Å². The Morgan fingerprint density at radius 3 is 3.00 bits per heavy atom. The van der Waals surface area contributed by atoms with Gasteiger partial charge in [-0.2, -0.15) is 5.10 Å². The van der Waals surface area contributed by atoms with Gasteiger partial charge in [0.15, 0.2) is 0 Å². The Kier molecular flexibility index (Phi) is 3.49. The summed E-state index contributed by atoms with van der Waals surface area (Å²) in [4.78, 5) is 12.2. The number of fused-ring (bicyclic) bond motifs is 1. The van der Waals surface area contributed by atoms with E-state index in [1.807, 2.05) is 24.4 Å². The van der Waals surface area contributed by atoms with Crippen molar-refractivity contribution in [3.63, 3.8) is 0 Å². The molecule has 19 heavy (non-hydrogen) atoms. The maximum Gasteiger partial charge on any atom is 0.255 e. The van der Waals surface area contributed by atoms with Crippen LogP contribution in [0, 0.1) is 5.92 Å². The lowest BCUT2D eigenvalue weighted by molar-refractivity contribution is 0.0945. The molecule has 1 amide bonds. The minimum atomic E-state index is -0.00762. The number of hydrogen-bond acceptors (Lipinski definition) is 2. The molecule has 4 nitrogen and oxygen atoms in total. The van der Waals surface area contributed by atoms with E-state index in [-0.39, 0.29) is 5.91 Å². The number of aromatic nitrogens is 2. The second kappa shape index (κ2) is 5.43. The predicted molar refractivity (Wildman–Crippen MR) is 74.1 cm³/mol. The van der Waals surface area contributed by atoms with Gasteiger partial charge in [0.05, 0.1) is 17.3 Å². The summed E-state index contributed by atoms with van der Waals surface area (Å²) in [5.41, 5.74) is 1.53. The van der Waals surface area contributed by atoms with Crippen molar-refractivity contribution in [1.29, 1.82) is 0 Å². The van der Waals surface area contributed by atoms with Crippen LogP contribution in [0.5, 0.6) is 0 Å². The molecule has 0 aliphatic heterocycles. The summed E-state index contributed by atoms with van der Waals surface area (Å²) in [6, 6.07) is 5.75. The fourth-order valence-corrected chi connectivity index (χ4v) is 2.83. The van der Waals surface area contributed by atoms with E-state index in [1.54, 1.807) is 10.7 Å². The first-order valence-corrected chi connectivity index (χ1v) is 7.05. The van der Waals surface area contributed by atoms with Gasteiger partial charge in [-0.1, -0.05) is 25.3 Å². The van der Waals surface area contributed by atoms with E-state index >= 15 is 0 Å². The van der Waals surface area contributed by atoms with Crippen molar-refractivity contribution in [2.24, 2.45) is 5.92 Å². The molecule has 3 rings (SSSR count). The number of amides is 1. The minimum absolute atomic E-state index is 0.00762. The zero-order valence-corrected chi connectivity index (χ0v) is 11.0. The molecule has 0 saturated heterocycles. The number of pyridine rings is 1. The lowest BCUT2D eigenvalue weighted by Crippen LogP contribution is -2.30. The normalized spacial score (nSPS) is 16.6. The third-order valence-electron chi connectivity index (χ3n) is 3.95. The average molecular weight is 257 g/mol. The number of nitrogens with one attached hydrogen (secondary N) is 1. The van der Waals surface area contributed by atoms with Crippen LogP contribution in [0.4, 0.5) is 0 Å². The van der Waals surface area contributed by atoms with E-state index in [0.29, 0.717) is 11.5 Å². The van der Waals surface area contributed by atoms with E-state index in [9.17, 15) is 4.79 Å². The van der Waals surface area contributed by atoms with Crippen molar-refractivity contribution in [3.8, 4) is 0 Å². The van der Waals surface area contributed by atoms with Crippen molar-refractivity contribution in [1.82, 2.24) is 14.9 Å². The maximum absolute atomic E-state index is 12.2. The smallest absolute Gasteiger partial charge is 0.255 e. The fourth-order valence-electron chi connectivity index (χ4n) is 2.83. The van der Waals surface area contributed by atoms with Crippen LogP contribution in [-0.4, -0.2) is 22.1 Å². The Labute approximate surface area is 112 Å². The molecule has 0 aromatic carbocycles. The summed E-state index contributed by atoms with van der Waals surface area (Å²) < 4.78 is 1.73. The largest absolute Gasteiger partial charge is 0.352 e. The molecule has 0 bridgehead atoms. The van der Waals surface area contributed by atoms with Crippen LogP contribution >= 0.6 is 0 Å². The van der Waals surface area contributed by atoms with E-state index in [4.69, 9.17) is 0 Å². The standard InChI is InChI=1S/C15H19N3O/c19-15(16-10-12-6-2-1-3-7-12)13-11-17-18-9-5-4-8-14(13)18/h4-5,8-9,11-12H,1-3,6-7,10H2,(H,16,19). The molecular weight excluding hydrogens is 238 g/mol. The van der Waals surface area contributed by atoms with Gasteiger partial charge in [-0.15, -0.1) is 0 Å². The van der Waals surface area contributed by atoms with Crippen molar-refractivity contribution < 1.29 is 4.79 Å². The van der Waals surface area contributed by atoms with Gasteiger partial charge in [-0.3, -0.25) is 4.79 Å². The zero-order valence-electron chi connectivity index (χ0n) is 11.0. The monoisotopic (exact) mass is 257 g/mol. The number of carbonyl (C=O) groups is 1. The molecule has 1 fully saturated rings. The van der Waals surface area contributed by atoms with Gasteiger partial charge >= 0.3 is 0 Å². The highest BCUT2D eigenvalue weighted by molar-refractivity contribution is 6.00. The van der Waals surface area contributed by atoms with E-state index in [0.717, 1.165) is 12.1 Å². The Balaban J connectivity index is 1.66. The molecule has 100 valence electrons. The Bertz CT molecular complexity index is 570. The SMILES string of the molecule is O=C(NCC1CCCCC1)c1cnn2ccccc12. The fraction of sp³-hybridized carbons (Fsp3) is 0.467. The Morgan fingerprint density at radius 1 is 1.32 bits per heavy atom.